The molecule has 1 unspecified atom stereocenters. The van der Waals surface area contributed by atoms with Gasteiger partial charge in [0.05, 0.1) is 6.54 Å². The van der Waals surface area contributed by atoms with Crippen molar-refractivity contribution in [3.63, 3.8) is 0 Å². The first-order valence-corrected chi connectivity index (χ1v) is 8.38. The number of nitrogens with zero attached hydrogens (tertiary/aromatic N) is 1. The minimum atomic E-state index is -0.211. The molecular formula is C16H33N3O. The second-order valence-electron chi connectivity index (χ2n) is 6.29. The summed E-state index contributed by atoms with van der Waals surface area (Å²) in [5.74, 6) is -0.211. The summed E-state index contributed by atoms with van der Waals surface area (Å²) in [7, 11) is 0. The molecule has 0 aromatic heterocycles. The lowest BCUT2D eigenvalue weighted by atomic mass is 10.0. The SMILES string of the molecule is CCCCCCCC(C)NC1CCN(CC(N)=O)CC1. The highest BCUT2D eigenvalue weighted by Gasteiger charge is 2.20. The third-order valence-electron chi connectivity index (χ3n) is 4.23. The summed E-state index contributed by atoms with van der Waals surface area (Å²) in [5.41, 5.74) is 5.23. The number of carbonyl (C=O) groups is 1. The highest BCUT2D eigenvalue weighted by Crippen LogP contribution is 2.13. The highest BCUT2D eigenvalue weighted by molar-refractivity contribution is 5.75. The van der Waals surface area contributed by atoms with Gasteiger partial charge in [-0.3, -0.25) is 9.69 Å². The van der Waals surface area contributed by atoms with E-state index in [1.807, 2.05) is 0 Å². The average molecular weight is 283 g/mol. The zero-order chi connectivity index (χ0) is 14.8. The number of hydrogen-bond donors (Lipinski definition) is 2. The molecule has 0 aromatic carbocycles. The first-order chi connectivity index (χ1) is 9.61. The molecule has 1 heterocycles. The Bertz CT molecular complexity index is 262. The van der Waals surface area contributed by atoms with Crippen LogP contribution in [0.15, 0.2) is 0 Å². The van der Waals surface area contributed by atoms with E-state index in [0.717, 1.165) is 25.9 Å². The van der Waals surface area contributed by atoms with Crippen LogP contribution in [0.2, 0.25) is 0 Å². The zero-order valence-corrected chi connectivity index (χ0v) is 13.4. The van der Waals surface area contributed by atoms with Gasteiger partial charge in [0.1, 0.15) is 0 Å². The lowest BCUT2D eigenvalue weighted by Gasteiger charge is -2.33. The summed E-state index contributed by atoms with van der Waals surface area (Å²) < 4.78 is 0. The summed E-state index contributed by atoms with van der Waals surface area (Å²) in [6.45, 7) is 6.96. The van der Waals surface area contributed by atoms with Crippen molar-refractivity contribution in [1.82, 2.24) is 10.2 Å². The Morgan fingerprint density at radius 2 is 1.90 bits per heavy atom. The molecule has 0 radical (unpaired) electrons. The van der Waals surface area contributed by atoms with Crippen molar-refractivity contribution in [2.75, 3.05) is 19.6 Å². The molecule has 1 atom stereocenters. The molecule has 0 aromatic rings. The minimum absolute atomic E-state index is 0.211. The number of unbranched alkanes of at least 4 members (excludes halogenated alkanes) is 4. The van der Waals surface area contributed by atoms with E-state index in [-0.39, 0.29) is 5.91 Å². The molecule has 0 spiro atoms. The quantitative estimate of drug-likeness (QED) is 0.605. The molecule has 118 valence electrons. The van der Waals surface area contributed by atoms with Crippen molar-refractivity contribution in [3.8, 4) is 0 Å². The van der Waals surface area contributed by atoms with Gasteiger partial charge in [0, 0.05) is 25.2 Å². The number of amides is 1. The smallest absolute Gasteiger partial charge is 0.231 e. The maximum Gasteiger partial charge on any atom is 0.231 e. The number of primary amides is 1. The molecule has 0 aliphatic carbocycles. The molecule has 3 N–H and O–H groups in total. The topological polar surface area (TPSA) is 58.4 Å². The maximum atomic E-state index is 10.9. The van der Waals surface area contributed by atoms with Crippen LogP contribution in [-0.4, -0.2) is 42.5 Å². The number of likely N-dealkylation sites (tertiary alicyclic amines) is 1. The van der Waals surface area contributed by atoms with Crippen LogP contribution in [0, 0.1) is 0 Å². The molecule has 1 amide bonds. The van der Waals surface area contributed by atoms with Crippen molar-refractivity contribution in [1.29, 1.82) is 0 Å². The highest BCUT2D eigenvalue weighted by atomic mass is 16.1. The standard InChI is InChI=1S/C16H33N3O/c1-3-4-5-6-7-8-14(2)18-15-9-11-19(12-10-15)13-16(17)20/h14-15,18H,3-13H2,1-2H3,(H2,17,20). The fourth-order valence-electron chi connectivity index (χ4n) is 3.02. The largest absolute Gasteiger partial charge is 0.369 e. The number of hydrogen-bond acceptors (Lipinski definition) is 3. The van der Waals surface area contributed by atoms with E-state index in [4.69, 9.17) is 5.73 Å². The molecule has 0 bridgehead atoms. The molecule has 20 heavy (non-hydrogen) atoms. The molecule has 1 saturated heterocycles. The fraction of sp³-hybridized carbons (Fsp3) is 0.938. The van der Waals surface area contributed by atoms with Crippen LogP contribution in [0.4, 0.5) is 0 Å². The third-order valence-corrected chi connectivity index (χ3v) is 4.23. The van der Waals surface area contributed by atoms with Crippen LogP contribution in [0.1, 0.15) is 65.2 Å². The molecule has 1 rings (SSSR count). The van der Waals surface area contributed by atoms with Crippen LogP contribution in [0.3, 0.4) is 0 Å². The number of carbonyl (C=O) groups excluding carboxylic acids is 1. The third kappa shape index (κ3) is 7.85. The molecule has 0 saturated carbocycles. The van der Waals surface area contributed by atoms with E-state index in [1.165, 1.54) is 38.5 Å². The number of nitrogens with one attached hydrogen (secondary N) is 1. The summed E-state index contributed by atoms with van der Waals surface area (Å²) >= 11 is 0. The first-order valence-electron chi connectivity index (χ1n) is 8.38. The van der Waals surface area contributed by atoms with Crippen LogP contribution in [-0.2, 0) is 4.79 Å². The molecule has 1 fully saturated rings. The molecule has 4 heteroatoms. The number of piperidine rings is 1. The van der Waals surface area contributed by atoms with Crippen LogP contribution in [0.25, 0.3) is 0 Å². The predicted octanol–water partition coefficient (Wildman–Crippen LogP) is 2.27. The van der Waals surface area contributed by atoms with Crippen LogP contribution < -0.4 is 11.1 Å². The van der Waals surface area contributed by atoms with E-state index in [2.05, 4.69) is 24.1 Å². The summed E-state index contributed by atoms with van der Waals surface area (Å²) in [5, 5.41) is 3.74. The first kappa shape index (κ1) is 17.4. The Morgan fingerprint density at radius 1 is 1.25 bits per heavy atom. The van der Waals surface area contributed by atoms with Gasteiger partial charge in [-0.25, -0.2) is 0 Å². The van der Waals surface area contributed by atoms with Gasteiger partial charge in [0.15, 0.2) is 0 Å². The van der Waals surface area contributed by atoms with E-state index < -0.39 is 0 Å². The summed E-state index contributed by atoms with van der Waals surface area (Å²) in [6.07, 6.45) is 10.3. The Kier molecular flexibility index (Phi) is 8.86. The monoisotopic (exact) mass is 283 g/mol. The van der Waals surface area contributed by atoms with Gasteiger partial charge in [-0.05, 0) is 26.2 Å². The Hall–Kier alpha value is -0.610. The number of rotatable bonds is 10. The lowest BCUT2D eigenvalue weighted by Crippen LogP contribution is -2.47. The lowest BCUT2D eigenvalue weighted by molar-refractivity contribution is -0.119. The van der Waals surface area contributed by atoms with E-state index in [0.29, 0.717) is 18.6 Å². The maximum absolute atomic E-state index is 10.9. The van der Waals surface area contributed by atoms with Gasteiger partial charge < -0.3 is 11.1 Å². The average Bonchev–Trinajstić information content (AvgIpc) is 2.40. The van der Waals surface area contributed by atoms with Gasteiger partial charge >= 0.3 is 0 Å². The van der Waals surface area contributed by atoms with Crippen molar-refractivity contribution >= 4 is 5.91 Å². The van der Waals surface area contributed by atoms with Gasteiger partial charge in [-0.2, -0.15) is 0 Å². The van der Waals surface area contributed by atoms with Crippen LogP contribution in [0.5, 0.6) is 0 Å². The van der Waals surface area contributed by atoms with Crippen LogP contribution >= 0.6 is 0 Å². The van der Waals surface area contributed by atoms with E-state index >= 15 is 0 Å². The normalized spacial score (nSPS) is 19.1. The van der Waals surface area contributed by atoms with Gasteiger partial charge in [-0.1, -0.05) is 39.0 Å². The Morgan fingerprint density at radius 3 is 2.50 bits per heavy atom. The predicted molar refractivity (Wildman–Crippen MR) is 84.6 cm³/mol. The van der Waals surface area contributed by atoms with Crippen molar-refractivity contribution in [2.45, 2.75) is 77.3 Å². The molecule has 1 aliphatic rings. The molecule has 4 nitrogen and oxygen atoms in total. The van der Waals surface area contributed by atoms with E-state index in [1.54, 1.807) is 0 Å². The van der Waals surface area contributed by atoms with Gasteiger partial charge in [0.2, 0.25) is 5.91 Å². The second kappa shape index (κ2) is 10.2. The Labute approximate surface area is 124 Å². The van der Waals surface area contributed by atoms with Gasteiger partial charge in [-0.15, -0.1) is 0 Å². The molecular weight excluding hydrogens is 250 g/mol. The Balaban J connectivity index is 2.05. The summed E-state index contributed by atoms with van der Waals surface area (Å²) in [4.78, 5) is 13.0. The van der Waals surface area contributed by atoms with Crippen molar-refractivity contribution in [2.24, 2.45) is 5.73 Å². The summed E-state index contributed by atoms with van der Waals surface area (Å²) in [6, 6.07) is 1.23. The fourth-order valence-corrected chi connectivity index (χ4v) is 3.02. The second-order valence-corrected chi connectivity index (χ2v) is 6.29. The van der Waals surface area contributed by atoms with Crippen molar-refractivity contribution < 1.29 is 4.79 Å². The molecule has 1 aliphatic heterocycles. The number of nitrogens with two attached hydrogens (primary N) is 1. The zero-order valence-electron chi connectivity index (χ0n) is 13.4. The van der Waals surface area contributed by atoms with E-state index in [9.17, 15) is 4.79 Å². The van der Waals surface area contributed by atoms with Crippen molar-refractivity contribution in [3.05, 3.63) is 0 Å². The minimum Gasteiger partial charge on any atom is -0.369 e. The van der Waals surface area contributed by atoms with Gasteiger partial charge in [0.25, 0.3) is 0 Å².